The molecule has 1 atom stereocenters. The number of pyridine rings is 1. The average molecular weight is 561 g/mol. The smallest absolute Gasteiger partial charge is 0.268 e. The monoisotopic (exact) mass is 560 g/mol. The van der Waals surface area contributed by atoms with Gasteiger partial charge in [0, 0.05) is 36.8 Å². The molecule has 1 fully saturated rings. The molecular formula is C30H33FN6O2S. The highest BCUT2D eigenvalue weighted by molar-refractivity contribution is 7.17. The predicted octanol–water partition coefficient (Wildman–Crippen LogP) is 5.47. The topological polar surface area (TPSA) is 92.2 Å². The van der Waals surface area contributed by atoms with E-state index in [0.29, 0.717) is 35.4 Å². The summed E-state index contributed by atoms with van der Waals surface area (Å²) in [4.78, 5) is 37.3. The minimum Gasteiger partial charge on any atom is -0.334 e. The highest BCUT2D eigenvalue weighted by Crippen LogP contribution is 2.30. The molecule has 3 aromatic heterocycles. The fraction of sp³-hybridized carbons (Fsp3) is 0.333. The first-order valence-corrected chi connectivity index (χ1v) is 14.3. The first kappa shape index (κ1) is 27.7. The molecule has 2 amide bonds. The van der Waals surface area contributed by atoms with Crippen LogP contribution in [0, 0.1) is 11.9 Å². The second-order valence-electron chi connectivity index (χ2n) is 10.4. The van der Waals surface area contributed by atoms with Gasteiger partial charge in [-0.1, -0.05) is 26.5 Å². The largest absolute Gasteiger partial charge is 0.334 e. The Bertz CT molecular complexity index is 1540. The lowest BCUT2D eigenvalue weighted by Crippen LogP contribution is -2.37. The molecule has 2 N–H and O–H groups in total. The van der Waals surface area contributed by atoms with Crippen LogP contribution in [0.4, 0.5) is 10.3 Å². The number of rotatable bonds is 10. The summed E-state index contributed by atoms with van der Waals surface area (Å²) < 4.78 is 15.6. The number of imidazole rings is 1. The molecule has 1 saturated heterocycles. The number of halogens is 1. The van der Waals surface area contributed by atoms with Gasteiger partial charge in [-0.05, 0) is 72.8 Å². The third-order valence-electron chi connectivity index (χ3n) is 6.99. The van der Waals surface area contributed by atoms with Crippen molar-refractivity contribution in [3.63, 3.8) is 0 Å². The molecule has 0 saturated carbocycles. The maximum Gasteiger partial charge on any atom is 0.268 e. The zero-order valence-corrected chi connectivity index (χ0v) is 23.5. The van der Waals surface area contributed by atoms with Crippen molar-refractivity contribution in [1.29, 1.82) is 0 Å². The summed E-state index contributed by atoms with van der Waals surface area (Å²) in [6, 6.07) is 12.7. The van der Waals surface area contributed by atoms with Crippen molar-refractivity contribution in [2.45, 2.75) is 45.8 Å². The molecule has 4 aromatic rings. The number of thiophene rings is 1. The van der Waals surface area contributed by atoms with E-state index < -0.39 is 5.95 Å². The Morgan fingerprint density at radius 3 is 2.85 bits per heavy atom. The fourth-order valence-corrected chi connectivity index (χ4v) is 5.95. The van der Waals surface area contributed by atoms with Crippen LogP contribution in [0.2, 0.25) is 0 Å². The summed E-state index contributed by atoms with van der Waals surface area (Å²) in [5.41, 5.74) is 3.43. The van der Waals surface area contributed by atoms with Crippen LogP contribution >= 0.6 is 11.3 Å². The van der Waals surface area contributed by atoms with Crippen LogP contribution in [0.3, 0.4) is 0 Å². The van der Waals surface area contributed by atoms with Gasteiger partial charge in [-0.25, -0.2) is 9.97 Å². The Kier molecular flexibility index (Phi) is 8.37. The Hall–Kier alpha value is -3.89. The maximum absolute atomic E-state index is 13.6. The van der Waals surface area contributed by atoms with Crippen molar-refractivity contribution in [1.82, 2.24) is 24.8 Å². The second-order valence-corrected chi connectivity index (χ2v) is 11.5. The minimum atomic E-state index is -0.569. The van der Waals surface area contributed by atoms with Crippen LogP contribution < -0.4 is 10.6 Å². The van der Waals surface area contributed by atoms with Gasteiger partial charge < -0.3 is 14.8 Å². The Balaban J connectivity index is 1.43. The number of hydrogen-bond acceptors (Lipinski definition) is 6. The zero-order chi connectivity index (χ0) is 28.2. The van der Waals surface area contributed by atoms with E-state index >= 15 is 0 Å². The molecular weight excluding hydrogens is 527 g/mol. The number of fused-ring (bicyclic) bond motifs is 1. The highest BCUT2D eigenvalue weighted by atomic mass is 32.1. The van der Waals surface area contributed by atoms with Gasteiger partial charge in [0.15, 0.2) is 0 Å². The van der Waals surface area contributed by atoms with Crippen LogP contribution in [0.5, 0.6) is 0 Å². The molecule has 208 valence electrons. The Morgan fingerprint density at radius 1 is 1.23 bits per heavy atom. The van der Waals surface area contributed by atoms with Gasteiger partial charge in [0.2, 0.25) is 17.8 Å². The summed E-state index contributed by atoms with van der Waals surface area (Å²) in [7, 11) is 0. The average Bonchev–Trinajstić information content (AvgIpc) is 3.68. The molecule has 0 aliphatic carbocycles. The Labute approximate surface area is 236 Å². The quantitative estimate of drug-likeness (QED) is 0.198. The van der Waals surface area contributed by atoms with E-state index in [1.165, 1.54) is 29.7 Å². The minimum absolute atomic E-state index is 0.0270. The van der Waals surface area contributed by atoms with Crippen molar-refractivity contribution in [3.8, 4) is 10.4 Å². The van der Waals surface area contributed by atoms with Gasteiger partial charge in [0.05, 0.1) is 22.0 Å². The molecule has 40 heavy (non-hydrogen) atoms. The molecule has 8 nitrogen and oxygen atoms in total. The fourth-order valence-electron chi connectivity index (χ4n) is 5.05. The van der Waals surface area contributed by atoms with Crippen LogP contribution in [-0.4, -0.2) is 50.4 Å². The van der Waals surface area contributed by atoms with Gasteiger partial charge in [-0.3, -0.25) is 14.9 Å². The van der Waals surface area contributed by atoms with E-state index in [1.54, 1.807) is 18.2 Å². The van der Waals surface area contributed by atoms with Gasteiger partial charge in [-0.2, -0.15) is 4.39 Å². The van der Waals surface area contributed by atoms with E-state index in [4.69, 9.17) is 4.98 Å². The van der Waals surface area contributed by atoms with E-state index in [0.717, 1.165) is 47.4 Å². The predicted molar refractivity (Wildman–Crippen MR) is 157 cm³/mol. The van der Waals surface area contributed by atoms with Gasteiger partial charge in [0.25, 0.3) is 5.91 Å². The third kappa shape index (κ3) is 6.13. The van der Waals surface area contributed by atoms with E-state index in [9.17, 15) is 14.0 Å². The van der Waals surface area contributed by atoms with Crippen molar-refractivity contribution in [2.24, 2.45) is 5.92 Å². The van der Waals surface area contributed by atoms with Gasteiger partial charge in [-0.15, -0.1) is 11.3 Å². The standard InChI is InChI=1S/C30H33FN6O2S/c1-4-28(38)36-13-5-6-22(36)18-37-24-8-7-20(17-32-16-19(2)3)14-23(24)34-30(37)35-29(39)26-10-9-25(40-26)21-11-12-33-27(31)15-21/h4,7-12,14-15,19,22,32H,1,5-6,13,16-18H2,2-3H3,(H,34,35,39). The molecule has 0 radical (unpaired) electrons. The van der Waals surface area contributed by atoms with E-state index in [1.807, 2.05) is 21.6 Å². The molecule has 4 heterocycles. The van der Waals surface area contributed by atoms with E-state index in [-0.39, 0.29) is 17.9 Å². The lowest BCUT2D eigenvalue weighted by Gasteiger charge is -2.24. The normalized spacial score (nSPS) is 15.2. The molecule has 1 aromatic carbocycles. The van der Waals surface area contributed by atoms with Crippen molar-refractivity contribution >= 4 is 40.1 Å². The number of amides is 2. The Morgan fingerprint density at radius 2 is 2.08 bits per heavy atom. The summed E-state index contributed by atoms with van der Waals surface area (Å²) in [6.07, 6.45) is 4.54. The number of benzene rings is 1. The SMILES string of the molecule is C=CC(=O)N1CCCC1Cn1c(NC(=O)c2ccc(-c3ccnc(F)c3)s2)nc2cc(CNCC(C)C)ccc21. The lowest BCUT2D eigenvalue weighted by molar-refractivity contribution is -0.126. The van der Waals surface area contributed by atoms with Crippen LogP contribution in [0.1, 0.15) is 41.9 Å². The van der Waals surface area contributed by atoms with Crippen molar-refractivity contribution in [3.05, 3.63) is 77.7 Å². The van der Waals surface area contributed by atoms with Crippen molar-refractivity contribution < 1.29 is 14.0 Å². The molecule has 10 heteroatoms. The summed E-state index contributed by atoms with van der Waals surface area (Å²) in [5, 5.41) is 6.46. The number of aromatic nitrogens is 3. The van der Waals surface area contributed by atoms with Crippen molar-refractivity contribution in [2.75, 3.05) is 18.4 Å². The zero-order valence-electron chi connectivity index (χ0n) is 22.7. The molecule has 0 bridgehead atoms. The second kappa shape index (κ2) is 12.1. The van der Waals surface area contributed by atoms with E-state index in [2.05, 4.69) is 42.1 Å². The maximum atomic E-state index is 13.6. The van der Waals surface area contributed by atoms with Gasteiger partial charge >= 0.3 is 0 Å². The number of nitrogens with zero attached hydrogens (tertiary/aromatic N) is 4. The highest BCUT2D eigenvalue weighted by Gasteiger charge is 2.29. The molecule has 1 unspecified atom stereocenters. The number of carbonyl (C=O) groups excluding carboxylic acids is 2. The lowest BCUT2D eigenvalue weighted by atomic mass is 10.1. The summed E-state index contributed by atoms with van der Waals surface area (Å²) in [6.45, 7) is 10.8. The first-order valence-electron chi connectivity index (χ1n) is 13.5. The van der Waals surface area contributed by atoms with Crippen LogP contribution in [0.25, 0.3) is 21.5 Å². The number of carbonyl (C=O) groups is 2. The number of hydrogen-bond donors (Lipinski definition) is 2. The third-order valence-corrected chi connectivity index (χ3v) is 8.12. The first-order chi connectivity index (χ1) is 19.3. The number of likely N-dealkylation sites (tertiary alicyclic amines) is 1. The van der Waals surface area contributed by atoms with Crippen LogP contribution in [0.15, 0.2) is 61.3 Å². The molecule has 5 rings (SSSR count). The number of anilines is 1. The van der Waals surface area contributed by atoms with Crippen LogP contribution in [-0.2, 0) is 17.9 Å². The van der Waals surface area contributed by atoms with Gasteiger partial charge in [0.1, 0.15) is 0 Å². The number of nitrogens with one attached hydrogen (secondary N) is 2. The molecule has 1 aliphatic rings. The molecule has 1 aliphatic heterocycles. The molecule has 0 spiro atoms. The summed E-state index contributed by atoms with van der Waals surface area (Å²) in [5.74, 6) is 0.0180. The summed E-state index contributed by atoms with van der Waals surface area (Å²) >= 11 is 1.27.